The molecule has 0 aliphatic carbocycles. The van der Waals surface area contributed by atoms with Crippen molar-refractivity contribution in [3.05, 3.63) is 11.6 Å². The van der Waals surface area contributed by atoms with Crippen molar-refractivity contribution < 1.29 is 19.7 Å². The smallest absolute Gasteiger partial charge is 0.333 e. The monoisotopic (exact) mass is 144 g/mol. The second-order valence-corrected chi connectivity index (χ2v) is 2.23. The summed E-state index contributed by atoms with van der Waals surface area (Å²) in [6, 6.07) is 0. The molecule has 4 nitrogen and oxygen atoms in total. The van der Waals surface area contributed by atoms with Crippen molar-refractivity contribution in [2.75, 3.05) is 6.61 Å². The quantitative estimate of drug-likeness (QED) is 0.471. The Bertz CT molecular complexity index is 192. The van der Waals surface area contributed by atoms with Crippen LogP contribution in [0.3, 0.4) is 0 Å². The van der Waals surface area contributed by atoms with Crippen LogP contribution in [0.15, 0.2) is 11.6 Å². The first-order chi connectivity index (χ1) is 4.56. The van der Waals surface area contributed by atoms with Crippen LogP contribution in [0, 0.1) is 0 Å². The van der Waals surface area contributed by atoms with Crippen molar-refractivity contribution in [3.63, 3.8) is 0 Å². The average molecular weight is 144 g/mol. The van der Waals surface area contributed by atoms with E-state index >= 15 is 0 Å². The van der Waals surface area contributed by atoms with Gasteiger partial charge in [0.25, 0.3) is 0 Å². The van der Waals surface area contributed by atoms with Crippen LogP contribution in [0.4, 0.5) is 0 Å². The number of ether oxygens (including phenoxy) is 1. The maximum Gasteiger partial charge on any atom is 0.333 e. The summed E-state index contributed by atoms with van der Waals surface area (Å²) in [5.74, 6) is -2.22. The molecular formula is C6H8O4. The van der Waals surface area contributed by atoms with Gasteiger partial charge in [-0.25, -0.2) is 4.79 Å². The van der Waals surface area contributed by atoms with Gasteiger partial charge in [-0.05, 0) is 0 Å². The average Bonchev–Trinajstić information content (AvgIpc) is 2.04. The van der Waals surface area contributed by atoms with E-state index in [-0.39, 0.29) is 12.2 Å². The fourth-order valence-corrected chi connectivity index (χ4v) is 0.759. The second kappa shape index (κ2) is 2.07. The summed E-state index contributed by atoms with van der Waals surface area (Å²) in [7, 11) is 0. The Morgan fingerprint density at radius 1 is 1.80 bits per heavy atom. The fourth-order valence-electron chi connectivity index (χ4n) is 0.759. The largest absolute Gasteiger partial charge is 0.426 e. The summed E-state index contributed by atoms with van der Waals surface area (Å²) in [6.07, 6.45) is 1.08. The molecule has 0 radical (unpaired) electrons. The van der Waals surface area contributed by atoms with E-state index in [0.717, 1.165) is 6.08 Å². The minimum atomic E-state index is -1.61. The van der Waals surface area contributed by atoms with Crippen molar-refractivity contribution in [3.8, 4) is 0 Å². The summed E-state index contributed by atoms with van der Waals surface area (Å²) in [4.78, 5) is 10.5. The molecule has 10 heavy (non-hydrogen) atoms. The van der Waals surface area contributed by atoms with Crippen LogP contribution in [-0.4, -0.2) is 28.6 Å². The zero-order valence-electron chi connectivity index (χ0n) is 5.50. The molecule has 56 valence electrons. The number of rotatable bonds is 1. The van der Waals surface area contributed by atoms with Gasteiger partial charge in [0.15, 0.2) is 0 Å². The number of hydrogen-bond donors (Lipinski definition) is 2. The predicted octanol–water partition coefficient (Wildman–Crippen LogP) is -0.830. The third kappa shape index (κ3) is 1.03. The highest BCUT2D eigenvalue weighted by atomic mass is 16.7. The SMILES string of the molecule is CC1(O)OC(=O)C=C1CO. The minimum absolute atomic E-state index is 0.192. The summed E-state index contributed by atoms with van der Waals surface area (Å²) in [5.41, 5.74) is 0.192. The van der Waals surface area contributed by atoms with E-state index in [2.05, 4.69) is 4.74 Å². The highest BCUT2D eigenvalue weighted by molar-refractivity contribution is 5.86. The van der Waals surface area contributed by atoms with Gasteiger partial charge in [-0.3, -0.25) is 0 Å². The fraction of sp³-hybridized carbons (Fsp3) is 0.500. The molecule has 1 rings (SSSR count). The van der Waals surface area contributed by atoms with Crippen LogP contribution in [0.25, 0.3) is 0 Å². The first-order valence-corrected chi connectivity index (χ1v) is 2.83. The van der Waals surface area contributed by atoms with E-state index < -0.39 is 11.8 Å². The molecule has 0 saturated carbocycles. The van der Waals surface area contributed by atoms with Crippen LogP contribution in [0.2, 0.25) is 0 Å². The van der Waals surface area contributed by atoms with Gasteiger partial charge in [-0.2, -0.15) is 0 Å². The Hall–Kier alpha value is -0.870. The van der Waals surface area contributed by atoms with Crippen molar-refractivity contribution in [2.45, 2.75) is 12.7 Å². The third-order valence-electron chi connectivity index (χ3n) is 1.36. The van der Waals surface area contributed by atoms with E-state index in [9.17, 15) is 4.79 Å². The lowest BCUT2D eigenvalue weighted by molar-refractivity contribution is -0.175. The first kappa shape index (κ1) is 7.24. The van der Waals surface area contributed by atoms with Gasteiger partial charge in [-0.15, -0.1) is 0 Å². The summed E-state index contributed by atoms with van der Waals surface area (Å²) < 4.78 is 4.42. The maximum absolute atomic E-state index is 10.5. The molecule has 4 heteroatoms. The normalized spacial score (nSPS) is 31.9. The zero-order chi connectivity index (χ0) is 7.78. The van der Waals surface area contributed by atoms with Gasteiger partial charge in [-0.1, -0.05) is 0 Å². The topological polar surface area (TPSA) is 66.8 Å². The van der Waals surface area contributed by atoms with Crippen LogP contribution in [0.1, 0.15) is 6.92 Å². The Balaban J connectivity index is 2.86. The van der Waals surface area contributed by atoms with Gasteiger partial charge in [0.05, 0.1) is 6.61 Å². The van der Waals surface area contributed by atoms with E-state index in [1.165, 1.54) is 6.92 Å². The number of aliphatic hydroxyl groups is 2. The molecule has 1 atom stereocenters. The van der Waals surface area contributed by atoms with Crippen LogP contribution < -0.4 is 0 Å². The maximum atomic E-state index is 10.5. The van der Waals surface area contributed by atoms with E-state index in [1.54, 1.807) is 0 Å². The molecule has 0 bridgehead atoms. The second-order valence-electron chi connectivity index (χ2n) is 2.23. The summed E-state index contributed by atoms with van der Waals surface area (Å²) in [5, 5.41) is 17.7. The Morgan fingerprint density at radius 2 is 2.40 bits per heavy atom. The molecule has 1 heterocycles. The Kier molecular flexibility index (Phi) is 1.50. The number of cyclic esters (lactones) is 1. The molecule has 2 N–H and O–H groups in total. The lowest BCUT2D eigenvalue weighted by Crippen LogP contribution is -2.28. The third-order valence-corrected chi connectivity index (χ3v) is 1.36. The van der Waals surface area contributed by atoms with Crippen LogP contribution >= 0.6 is 0 Å². The lowest BCUT2D eigenvalue weighted by atomic mass is 10.1. The molecule has 0 aromatic rings. The number of carbonyl (C=O) groups is 1. The van der Waals surface area contributed by atoms with E-state index in [4.69, 9.17) is 10.2 Å². The van der Waals surface area contributed by atoms with Gasteiger partial charge in [0.1, 0.15) is 0 Å². The minimum Gasteiger partial charge on any atom is -0.426 e. The molecule has 1 unspecified atom stereocenters. The number of carbonyl (C=O) groups excluding carboxylic acids is 1. The van der Waals surface area contributed by atoms with Crippen molar-refractivity contribution in [1.82, 2.24) is 0 Å². The van der Waals surface area contributed by atoms with Crippen molar-refractivity contribution in [2.24, 2.45) is 0 Å². The Morgan fingerprint density at radius 3 is 2.60 bits per heavy atom. The highest BCUT2D eigenvalue weighted by Gasteiger charge is 2.35. The molecular weight excluding hydrogens is 136 g/mol. The molecule has 1 aliphatic rings. The van der Waals surface area contributed by atoms with Crippen molar-refractivity contribution in [1.29, 1.82) is 0 Å². The highest BCUT2D eigenvalue weighted by Crippen LogP contribution is 2.23. The first-order valence-electron chi connectivity index (χ1n) is 2.83. The van der Waals surface area contributed by atoms with Gasteiger partial charge in [0, 0.05) is 18.6 Å². The molecule has 0 aromatic heterocycles. The standard InChI is InChI=1S/C6H8O4/c1-6(9)4(3-7)2-5(8)10-6/h2,7,9H,3H2,1H3. The van der Waals surface area contributed by atoms with Gasteiger partial charge in [0.2, 0.25) is 5.79 Å². The lowest BCUT2D eigenvalue weighted by Gasteiger charge is -2.17. The van der Waals surface area contributed by atoms with E-state index in [0.29, 0.717) is 0 Å². The zero-order valence-corrected chi connectivity index (χ0v) is 5.50. The summed E-state index contributed by atoms with van der Waals surface area (Å²) >= 11 is 0. The molecule has 0 aromatic carbocycles. The number of esters is 1. The molecule has 0 fully saturated rings. The Labute approximate surface area is 57.7 Å². The van der Waals surface area contributed by atoms with Crippen LogP contribution in [-0.2, 0) is 9.53 Å². The number of hydrogen-bond acceptors (Lipinski definition) is 4. The molecule has 0 spiro atoms. The van der Waals surface area contributed by atoms with Gasteiger partial charge < -0.3 is 14.9 Å². The molecule has 0 amide bonds. The van der Waals surface area contributed by atoms with E-state index in [1.807, 2.05) is 0 Å². The van der Waals surface area contributed by atoms with Gasteiger partial charge >= 0.3 is 5.97 Å². The number of aliphatic hydroxyl groups excluding tert-OH is 1. The molecule has 1 aliphatic heterocycles. The van der Waals surface area contributed by atoms with Crippen molar-refractivity contribution >= 4 is 5.97 Å². The predicted molar refractivity (Wildman–Crippen MR) is 31.9 cm³/mol. The molecule has 0 saturated heterocycles. The van der Waals surface area contributed by atoms with Crippen LogP contribution in [0.5, 0.6) is 0 Å². The summed E-state index contributed by atoms with van der Waals surface area (Å²) in [6.45, 7) is 0.943.